The standard InChI is InChI=1S/C44H50Cl3FN6O6S/c1-42(2)11-10-29(35(23-42)28-4-6-30(45)7-5-28)26-53-16-18-54(19-17-53)31-8-9-34(38(20-31)60-32-21-36(46)39(49)50-24-32)40(55)52-61(57,58)33-22-37(47)41(51-25-33)59-27-44(48)14-12-43(3,56)13-15-44/h4-9,20-22,24-25,56H,10-19,23,26-27H2,1-3H3,(H2,49,50)(H,52,55)/t43-,44+. The number of piperazine rings is 1. The Bertz CT molecular complexity index is 2420. The minimum Gasteiger partial charge on any atom is -0.473 e. The van der Waals surface area contributed by atoms with Crippen LogP contribution in [0.5, 0.6) is 17.4 Å². The fourth-order valence-corrected chi connectivity index (χ4v) is 9.47. The SMILES string of the molecule is CC1(C)CCC(CN2CCN(c3ccc(C(=O)NS(=O)(=O)c4cnc(OC[C@]5(F)CC[C@@](C)(O)CC5)c(Cl)c4)c(Oc4cnc(N)c(Cl)c4)c3)CC2)=C(c2ccc(Cl)cc2)C1. The molecule has 0 unspecified atom stereocenters. The molecule has 12 nitrogen and oxygen atoms in total. The number of hydrogen-bond acceptors (Lipinski definition) is 11. The third-order valence-electron chi connectivity index (χ3n) is 11.8. The van der Waals surface area contributed by atoms with Crippen molar-refractivity contribution in [2.45, 2.75) is 81.9 Å². The van der Waals surface area contributed by atoms with Gasteiger partial charge in [0.25, 0.3) is 15.9 Å². The lowest BCUT2D eigenvalue weighted by Crippen LogP contribution is -2.47. The number of aromatic nitrogens is 2. The van der Waals surface area contributed by atoms with E-state index in [1.165, 1.54) is 35.0 Å². The number of alkyl halides is 1. The number of aliphatic hydroxyl groups is 1. The quantitative estimate of drug-likeness (QED) is 0.124. The van der Waals surface area contributed by atoms with E-state index in [1.807, 2.05) is 12.1 Å². The van der Waals surface area contributed by atoms with E-state index in [0.717, 1.165) is 61.9 Å². The number of nitrogens with two attached hydrogens (primary N) is 1. The van der Waals surface area contributed by atoms with E-state index in [4.69, 9.17) is 50.0 Å². The van der Waals surface area contributed by atoms with Crippen molar-refractivity contribution < 1.29 is 32.2 Å². The minimum absolute atomic E-state index is 0.0575. The molecule has 2 fully saturated rings. The van der Waals surface area contributed by atoms with Crippen LogP contribution in [-0.2, 0) is 10.0 Å². The first kappa shape index (κ1) is 44.9. The molecule has 17 heteroatoms. The zero-order valence-corrected chi connectivity index (χ0v) is 37.4. The summed E-state index contributed by atoms with van der Waals surface area (Å²) in [5, 5.41) is 10.9. The van der Waals surface area contributed by atoms with Gasteiger partial charge in [0.1, 0.15) is 39.5 Å². The van der Waals surface area contributed by atoms with Crippen LogP contribution in [-0.4, -0.2) is 84.9 Å². The molecule has 2 aliphatic carbocycles. The van der Waals surface area contributed by atoms with Crippen LogP contribution in [0.2, 0.25) is 15.1 Å². The van der Waals surface area contributed by atoms with E-state index in [-0.39, 0.29) is 76.5 Å². The summed E-state index contributed by atoms with van der Waals surface area (Å²) in [6.07, 6.45) is 6.21. The van der Waals surface area contributed by atoms with Crippen molar-refractivity contribution in [2.75, 3.05) is 50.0 Å². The zero-order valence-electron chi connectivity index (χ0n) is 34.3. The van der Waals surface area contributed by atoms with Crippen LogP contribution < -0.4 is 24.8 Å². The van der Waals surface area contributed by atoms with Gasteiger partial charge in [0.2, 0.25) is 5.88 Å². The molecule has 3 heterocycles. The molecule has 2 aromatic heterocycles. The van der Waals surface area contributed by atoms with Crippen molar-refractivity contribution in [1.29, 1.82) is 0 Å². The molecule has 7 rings (SSSR count). The molecule has 1 amide bonds. The first-order chi connectivity index (χ1) is 28.8. The van der Waals surface area contributed by atoms with Crippen LogP contribution >= 0.6 is 34.8 Å². The summed E-state index contributed by atoms with van der Waals surface area (Å²) in [5.74, 6) is -0.818. The van der Waals surface area contributed by atoms with Gasteiger partial charge in [0.15, 0.2) is 0 Å². The number of benzene rings is 2. The van der Waals surface area contributed by atoms with Gasteiger partial charge in [0.05, 0.1) is 28.6 Å². The number of carbonyl (C=O) groups is 1. The number of amides is 1. The molecule has 4 N–H and O–H groups in total. The summed E-state index contributed by atoms with van der Waals surface area (Å²) in [6, 6.07) is 15.6. The summed E-state index contributed by atoms with van der Waals surface area (Å²) >= 11 is 18.8. The number of nitrogens with one attached hydrogen (secondary N) is 1. The maximum atomic E-state index is 15.3. The molecule has 0 spiro atoms. The van der Waals surface area contributed by atoms with Gasteiger partial charge < -0.3 is 25.2 Å². The van der Waals surface area contributed by atoms with Crippen molar-refractivity contribution >= 4 is 67.8 Å². The second kappa shape index (κ2) is 17.9. The molecular weight excluding hydrogens is 866 g/mol. The van der Waals surface area contributed by atoms with Gasteiger partial charge in [-0.3, -0.25) is 9.69 Å². The Labute approximate surface area is 371 Å². The maximum absolute atomic E-state index is 15.3. The Morgan fingerprint density at radius 2 is 1.62 bits per heavy atom. The van der Waals surface area contributed by atoms with Gasteiger partial charge in [-0.25, -0.2) is 27.5 Å². The van der Waals surface area contributed by atoms with E-state index in [9.17, 15) is 18.3 Å². The smallest absolute Gasteiger partial charge is 0.268 e. The van der Waals surface area contributed by atoms with Crippen molar-refractivity contribution in [3.63, 3.8) is 0 Å². The zero-order chi connectivity index (χ0) is 43.7. The Hall–Kier alpha value is -4.18. The van der Waals surface area contributed by atoms with Crippen LogP contribution in [0.4, 0.5) is 15.9 Å². The molecule has 1 saturated heterocycles. The summed E-state index contributed by atoms with van der Waals surface area (Å²) in [7, 11) is -4.52. The van der Waals surface area contributed by atoms with Crippen molar-refractivity contribution in [3.05, 3.63) is 98.8 Å². The van der Waals surface area contributed by atoms with Crippen molar-refractivity contribution in [1.82, 2.24) is 19.6 Å². The summed E-state index contributed by atoms with van der Waals surface area (Å²) in [6.45, 7) is 9.81. The number of anilines is 2. The summed E-state index contributed by atoms with van der Waals surface area (Å²) < 4.78 is 56.2. The molecule has 0 bridgehead atoms. The van der Waals surface area contributed by atoms with E-state index in [1.54, 1.807) is 19.1 Å². The number of halogens is 4. The predicted octanol–water partition coefficient (Wildman–Crippen LogP) is 9.13. The summed E-state index contributed by atoms with van der Waals surface area (Å²) in [5.41, 5.74) is 8.16. The van der Waals surface area contributed by atoms with Crippen LogP contribution in [0.25, 0.3) is 5.57 Å². The first-order valence-electron chi connectivity index (χ1n) is 20.2. The average Bonchev–Trinajstić information content (AvgIpc) is 3.21. The Balaban J connectivity index is 1.06. The molecule has 1 aliphatic heterocycles. The molecule has 4 aromatic rings. The second-order valence-corrected chi connectivity index (χ2v) is 20.3. The van der Waals surface area contributed by atoms with Crippen LogP contribution in [0.1, 0.15) is 81.6 Å². The number of carbonyl (C=O) groups excluding carboxylic acids is 1. The van der Waals surface area contributed by atoms with Gasteiger partial charge in [-0.05, 0) is 98.8 Å². The highest BCUT2D eigenvalue weighted by molar-refractivity contribution is 7.90. The maximum Gasteiger partial charge on any atom is 0.268 e. The summed E-state index contributed by atoms with van der Waals surface area (Å²) in [4.78, 5) is 26.1. The van der Waals surface area contributed by atoms with Crippen molar-refractivity contribution in [3.8, 4) is 17.4 Å². The molecule has 326 valence electrons. The lowest BCUT2D eigenvalue weighted by molar-refractivity contribution is -0.0483. The molecule has 1 saturated carbocycles. The van der Waals surface area contributed by atoms with Gasteiger partial charge >= 0.3 is 0 Å². The Morgan fingerprint density at radius 3 is 2.30 bits per heavy atom. The number of allylic oxidation sites excluding steroid dienone is 1. The topological polar surface area (TPSA) is 160 Å². The van der Waals surface area contributed by atoms with Gasteiger partial charge in [0, 0.05) is 55.6 Å². The van der Waals surface area contributed by atoms with Crippen LogP contribution in [0.3, 0.4) is 0 Å². The average molecular weight is 916 g/mol. The number of sulfonamides is 1. The molecular formula is C44H50Cl3FN6O6S. The fraction of sp³-hybridized carbons (Fsp3) is 0.432. The number of ether oxygens (including phenoxy) is 2. The molecule has 2 aromatic carbocycles. The largest absolute Gasteiger partial charge is 0.473 e. The fourth-order valence-electron chi connectivity index (χ4n) is 7.97. The molecule has 3 aliphatic rings. The van der Waals surface area contributed by atoms with Crippen LogP contribution in [0.15, 0.2) is 77.5 Å². The number of nitrogen functional groups attached to an aromatic ring is 1. The third kappa shape index (κ3) is 11.1. The predicted molar refractivity (Wildman–Crippen MR) is 237 cm³/mol. The monoisotopic (exact) mass is 914 g/mol. The second-order valence-electron chi connectivity index (χ2n) is 17.3. The minimum atomic E-state index is -4.52. The first-order valence-corrected chi connectivity index (χ1v) is 22.8. The van der Waals surface area contributed by atoms with E-state index >= 15 is 4.39 Å². The highest BCUT2D eigenvalue weighted by atomic mass is 35.5. The number of rotatable bonds is 12. The van der Waals surface area contributed by atoms with Crippen molar-refractivity contribution in [2.24, 2.45) is 5.41 Å². The van der Waals surface area contributed by atoms with Gasteiger partial charge in [-0.1, -0.05) is 66.4 Å². The number of hydrogen-bond donors (Lipinski definition) is 3. The molecule has 61 heavy (non-hydrogen) atoms. The highest BCUT2D eigenvalue weighted by Gasteiger charge is 2.41. The van der Waals surface area contributed by atoms with E-state index in [2.05, 4.69) is 50.5 Å². The Kier molecular flexibility index (Phi) is 13.2. The number of pyridine rings is 2. The molecule has 0 radical (unpaired) electrons. The van der Waals surface area contributed by atoms with Gasteiger partial charge in [-0.15, -0.1) is 0 Å². The van der Waals surface area contributed by atoms with E-state index in [0.29, 0.717) is 13.1 Å². The lowest BCUT2D eigenvalue weighted by atomic mass is 9.72. The third-order valence-corrected chi connectivity index (χ3v) is 13.9. The van der Waals surface area contributed by atoms with E-state index < -0.39 is 32.1 Å². The molecule has 0 atom stereocenters. The lowest BCUT2D eigenvalue weighted by Gasteiger charge is -2.39. The van der Waals surface area contributed by atoms with Crippen LogP contribution in [0, 0.1) is 5.41 Å². The number of nitrogens with zero attached hydrogens (tertiary/aromatic N) is 4. The van der Waals surface area contributed by atoms with Gasteiger partial charge in [-0.2, -0.15) is 0 Å². The normalized spacial score (nSPS) is 22.2. The Morgan fingerprint density at radius 1 is 0.918 bits per heavy atom. The highest BCUT2D eigenvalue weighted by Crippen LogP contribution is 2.44.